The molecule has 2 saturated heterocycles. The minimum Gasteiger partial charge on any atom is -0.457 e. The highest BCUT2D eigenvalue weighted by atomic mass is 16.7. The average molecular weight is 625 g/mol. The summed E-state index contributed by atoms with van der Waals surface area (Å²) in [5, 5.41) is 53.8. The molecule has 7 unspecified atom stereocenters. The number of hydrogen-bond donors (Lipinski definition) is 11. The fraction of sp³-hybridized carbons (Fsp3) is 0.920. The van der Waals surface area contributed by atoms with Crippen molar-refractivity contribution < 1.29 is 58.8 Å². The highest BCUT2D eigenvalue weighted by Gasteiger charge is 2.53. The normalized spacial score (nSPS) is 41.7. The predicted molar refractivity (Wildman–Crippen MR) is 146 cm³/mol. The molecule has 250 valence electrons. The third-order valence-corrected chi connectivity index (χ3v) is 8.00. The van der Waals surface area contributed by atoms with Crippen LogP contribution in [0.5, 0.6) is 0 Å². The summed E-state index contributed by atoms with van der Waals surface area (Å²) in [5.74, 6) is -1.58. The number of rotatable bonds is 12. The van der Waals surface area contributed by atoms with Crippen LogP contribution in [0.1, 0.15) is 32.6 Å². The van der Waals surface area contributed by atoms with E-state index >= 15 is 0 Å². The van der Waals surface area contributed by atoms with Gasteiger partial charge in [-0.15, -0.1) is 0 Å². The van der Waals surface area contributed by atoms with Gasteiger partial charge in [-0.3, -0.25) is 9.59 Å². The van der Waals surface area contributed by atoms with E-state index in [1.165, 1.54) is 0 Å². The molecule has 18 nitrogen and oxygen atoms in total. The van der Waals surface area contributed by atoms with Gasteiger partial charge in [0.05, 0.1) is 36.9 Å². The minimum atomic E-state index is -1.61. The van der Waals surface area contributed by atoms with Crippen LogP contribution in [-0.2, 0) is 33.3 Å². The van der Waals surface area contributed by atoms with Crippen molar-refractivity contribution in [2.45, 2.75) is 124 Å². The molecule has 0 spiro atoms. The van der Waals surface area contributed by atoms with Gasteiger partial charge in [0, 0.05) is 19.5 Å². The summed E-state index contributed by atoms with van der Waals surface area (Å²) in [5.41, 5.74) is 29.8. The van der Waals surface area contributed by atoms with E-state index in [9.17, 15) is 35.1 Å². The van der Waals surface area contributed by atoms with E-state index < -0.39 is 110 Å². The van der Waals surface area contributed by atoms with Crippen LogP contribution in [0.25, 0.3) is 0 Å². The Balaban J connectivity index is 1.95. The number of aliphatic hydroxyl groups excluding tert-OH is 5. The van der Waals surface area contributed by atoms with Crippen LogP contribution in [0.4, 0.5) is 0 Å². The maximum absolute atomic E-state index is 12.8. The van der Waals surface area contributed by atoms with Crippen LogP contribution in [0.3, 0.4) is 0 Å². The van der Waals surface area contributed by atoms with Crippen LogP contribution in [0.2, 0.25) is 0 Å². The van der Waals surface area contributed by atoms with Gasteiger partial charge in [-0.25, -0.2) is 0 Å². The molecule has 0 aromatic heterocycles. The molecule has 3 aliphatic rings. The molecule has 1 saturated carbocycles. The second-order valence-electron chi connectivity index (χ2n) is 11.3. The van der Waals surface area contributed by atoms with Crippen molar-refractivity contribution in [3.63, 3.8) is 0 Å². The number of esters is 1. The maximum Gasteiger partial charge on any atom is 0.303 e. The Labute approximate surface area is 249 Å². The zero-order valence-corrected chi connectivity index (χ0v) is 24.1. The van der Waals surface area contributed by atoms with Crippen LogP contribution in [0.15, 0.2) is 0 Å². The Bertz CT molecular complexity index is 907. The van der Waals surface area contributed by atoms with Crippen molar-refractivity contribution in [3.8, 4) is 0 Å². The number of ether oxygens (including phenoxy) is 5. The summed E-state index contributed by atoms with van der Waals surface area (Å²) >= 11 is 0. The minimum absolute atomic E-state index is 0.0248. The van der Waals surface area contributed by atoms with Crippen molar-refractivity contribution in [3.05, 3.63) is 0 Å². The molecule has 1 aliphatic carbocycles. The fourth-order valence-electron chi connectivity index (χ4n) is 5.55. The van der Waals surface area contributed by atoms with Crippen LogP contribution >= 0.6 is 0 Å². The van der Waals surface area contributed by atoms with E-state index in [2.05, 4.69) is 5.32 Å². The van der Waals surface area contributed by atoms with Gasteiger partial charge in [-0.1, -0.05) is 0 Å². The summed E-state index contributed by atoms with van der Waals surface area (Å²) in [6, 6.07) is -3.91. The first-order chi connectivity index (χ1) is 20.3. The highest BCUT2D eigenvalue weighted by Crippen LogP contribution is 2.33. The molecular formula is C25H48N6O12. The van der Waals surface area contributed by atoms with Gasteiger partial charge in [-0.2, -0.15) is 0 Å². The molecule has 15 atom stereocenters. The van der Waals surface area contributed by atoms with Crippen LogP contribution in [-0.4, -0.2) is 149 Å². The Morgan fingerprint density at radius 1 is 0.953 bits per heavy atom. The van der Waals surface area contributed by atoms with Crippen molar-refractivity contribution in [2.75, 3.05) is 19.7 Å². The van der Waals surface area contributed by atoms with Crippen LogP contribution < -0.4 is 34.0 Å². The van der Waals surface area contributed by atoms with E-state index in [1.54, 1.807) is 0 Å². The Kier molecular flexibility index (Phi) is 13.4. The third kappa shape index (κ3) is 8.76. The summed E-state index contributed by atoms with van der Waals surface area (Å²) in [6.07, 6.45) is -13.2. The fourth-order valence-corrected chi connectivity index (χ4v) is 5.55. The van der Waals surface area contributed by atoms with E-state index in [-0.39, 0.29) is 25.9 Å². The van der Waals surface area contributed by atoms with Gasteiger partial charge in [-0.05, 0) is 32.2 Å². The van der Waals surface area contributed by atoms with Crippen molar-refractivity contribution in [1.82, 2.24) is 5.32 Å². The number of aliphatic hydroxyl groups is 5. The third-order valence-electron chi connectivity index (χ3n) is 8.00. The largest absolute Gasteiger partial charge is 0.457 e. The lowest BCUT2D eigenvalue weighted by molar-refractivity contribution is -0.316. The topological polar surface area (TPSA) is 324 Å². The Morgan fingerprint density at radius 2 is 1.63 bits per heavy atom. The second kappa shape index (κ2) is 16.1. The second-order valence-corrected chi connectivity index (χ2v) is 11.3. The quantitative estimate of drug-likeness (QED) is 0.0899. The monoisotopic (exact) mass is 624 g/mol. The van der Waals surface area contributed by atoms with Crippen molar-refractivity contribution in [2.24, 2.45) is 28.7 Å². The molecule has 2 heterocycles. The summed E-state index contributed by atoms with van der Waals surface area (Å²) in [4.78, 5) is 25.1. The maximum atomic E-state index is 12.8. The molecule has 18 heteroatoms. The van der Waals surface area contributed by atoms with Gasteiger partial charge < -0.3 is 83.2 Å². The molecule has 0 aromatic rings. The van der Waals surface area contributed by atoms with Gasteiger partial charge in [0.15, 0.2) is 18.7 Å². The highest BCUT2D eigenvalue weighted by molar-refractivity contribution is 5.80. The predicted octanol–water partition coefficient (Wildman–Crippen LogP) is -6.47. The first kappa shape index (κ1) is 35.9. The van der Waals surface area contributed by atoms with Crippen LogP contribution in [0, 0.1) is 0 Å². The van der Waals surface area contributed by atoms with E-state index in [1.807, 2.05) is 0 Å². The SMILES string of the molecule is CC(=O)OC1C(O[C@H]2OC(C(O)CN)CCC2N)[C@@H](N)C[C@@H](NC(=O)[C@@H](O)CCN)[C@@H]1O[C@H]1OC(CO)[C@@H](O)[C@H](N)C1O. The molecule has 3 rings (SSSR count). The number of amides is 1. The number of nitrogens with two attached hydrogens (primary N) is 5. The molecule has 1 amide bonds. The molecule has 0 radical (unpaired) electrons. The standard InChI is InChI=1S/C25H48N6O12/c1-9(33)39-22-20(42-24-10(28)2-3-15(40-24)14(35)7-27)11(29)6-12(31-23(38)13(34)4-5-26)21(22)43-25-19(37)17(30)18(36)16(8-32)41-25/h10-22,24-25,32,34-37H,2-8,26-30H2,1H3,(H,31,38)/t10?,11-,12+,13-,14?,15?,16?,17-,18+,19?,20?,21-,22?,24+,25+/m0/s1. The first-order valence-electron chi connectivity index (χ1n) is 14.4. The lowest BCUT2D eigenvalue weighted by Gasteiger charge is -2.49. The summed E-state index contributed by atoms with van der Waals surface area (Å²) < 4.78 is 29.4. The molecule has 0 bridgehead atoms. The molecule has 3 fully saturated rings. The summed E-state index contributed by atoms with van der Waals surface area (Å²) in [6.45, 7) is 0.434. The average Bonchev–Trinajstić information content (AvgIpc) is 2.96. The van der Waals surface area contributed by atoms with Gasteiger partial charge in [0.25, 0.3) is 0 Å². The van der Waals surface area contributed by atoms with Gasteiger partial charge in [0.2, 0.25) is 5.91 Å². The lowest BCUT2D eigenvalue weighted by Crippen LogP contribution is -2.69. The number of nitrogens with one attached hydrogen (secondary N) is 1. The van der Waals surface area contributed by atoms with Crippen molar-refractivity contribution in [1.29, 1.82) is 0 Å². The molecular weight excluding hydrogens is 576 g/mol. The molecule has 43 heavy (non-hydrogen) atoms. The van der Waals surface area contributed by atoms with E-state index in [4.69, 9.17) is 52.4 Å². The van der Waals surface area contributed by atoms with Gasteiger partial charge >= 0.3 is 5.97 Å². The van der Waals surface area contributed by atoms with E-state index in [0.717, 1.165) is 6.92 Å². The Hall–Kier alpha value is -1.62. The zero-order valence-electron chi connectivity index (χ0n) is 24.1. The molecule has 2 aliphatic heterocycles. The molecule has 16 N–H and O–H groups in total. The van der Waals surface area contributed by atoms with Crippen molar-refractivity contribution >= 4 is 11.9 Å². The smallest absolute Gasteiger partial charge is 0.303 e. The van der Waals surface area contributed by atoms with E-state index in [0.29, 0.717) is 12.8 Å². The Morgan fingerprint density at radius 3 is 2.23 bits per heavy atom. The lowest BCUT2D eigenvalue weighted by atomic mass is 9.83. The summed E-state index contributed by atoms with van der Waals surface area (Å²) in [7, 11) is 0. The first-order valence-corrected chi connectivity index (χ1v) is 14.4. The number of carbonyl (C=O) groups is 2. The van der Waals surface area contributed by atoms with Gasteiger partial charge in [0.1, 0.15) is 36.6 Å². The number of carbonyl (C=O) groups excluding carboxylic acids is 2. The zero-order chi connectivity index (χ0) is 32.0. The number of hydrogen-bond acceptors (Lipinski definition) is 17. The molecule has 0 aromatic carbocycles.